The molecule has 0 spiro atoms. The first-order chi connectivity index (χ1) is 8.74. The van der Waals surface area contributed by atoms with Gasteiger partial charge >= 0.3 is 0 Å². The van der Waals surface area contributed by atoms with E-state index in [-0.39, 0.29) is 5.54 Å². The molecule has 1 aromatic rings. The van der Waals surface area contributed by atoms with Crippen LogP contribution >= 0.6 is 0 Å². The van der Waals surface area contributed by atoms with Crippen LogP contribution in [-0.4, -0.2) is 12.1 Å². The molecule has 0 bridgehead atoms. The van der Waals surface area contributed by atoms with Crippen LogP contribution in [0.5, 0.6) is 0 Å². The van der Waals surface area contributed by atoms with E-state index in [1.54, 1.807) is 0 Å². The molecule has 1 rings (SSSR count). The molecule has 0 aromatic heterocycles. The van der Waals surface area contributed by atoms with Crippen molar-refractivity contribution < 1.29 is 0 Å². The van der Waals surface area contributed by atoms with Crippen LogP contribution in [0.25, 0.3) is 0 Å². The zero-order valence-corrected chi connectivity index (χ0v) is 13.8. The average Bonchev–Trinajstić information content (AvgIpc) is 2.32. The molecule has 1 heteroatoms. The summed E-state index contributed by atoms with van der Waals surface area (Å²) in [4.78, 5) is 0. The first-order valence-electron chi connectivity index (χ1n) is 7.56. The van der Waals surface area contributed by atoms with E-state index in [2.05, 4.69) is 72.0 Å². The monoisotopic (exact) mass is 261 g/mol. The highest BCUT2D eigenvalue weighted by Crippen LogP contribution is 2.28. The van der Waals surface area contributed by atoms with Crippen LogP contribution in [0.1, 0.15) is 63.6 Å². The third-order valence-corrected chi connectivity index (χ3v) is 4.14. The SMILES string of the molecule is CCC(C)C(CNC(C)(C)C)c1ccc(C)c(C)c1. The summed E-state index contributed by atoms with van der Waals surface area (Å²) >= 11 is 0. The third-order valence-electron chi connectivity index (χ3n) is 4.14. The van der Waals surface area contributed by atoms with E-state index in [0.717, 1.165) is 6.54 Å². The predicted molar refractivity (Wildman–Crippen MR) is 85.9 cm³/mol. The minimum Gasteiger partial charge on any atom is -0.311 e. The molecule has 19 heavy (non-hydrogen) atoms. The molecular weight excluding hydrogens is 230 g/mol. The zero-order chi connectivity index (χ0) is 14.6. The zero-order valence-electron chi connectivity index (χ0n) is 13.8. The Hall–Kier alpha value is -0.820. The third kappa shape index (κ3) is 4.99. The fraction of sp³-hybridized carbons (Fsp3) is 0.667. The van der Waals surface area contributed by atoms with E-state index in [4.69, 9.17) is 0 Å². The van der Waals surface area contributed by atoms with Crippen LogP contribution in [0, 0.1) is 19.8 Å². The van der Waals surface area contributed by atoms with Crippen LogP contribution in [0.3, 0.4) is 0 Å². The number of hydrogen-bond donors (Lipinski definition) is 1. The molecule has 0 radical (unpaired) electrons. The van der Waals surface area contributed by atoms with Crippen molar-refractivity contribution in [1.82, 2.24) is 5.32 Å². The maximum Gasteiger partial charge on any atom is 0.00967 e. The van der Waals surface area contributed by atoms with Gasteiger partial charge in [-0.05, 0) is 63.1 Å². The van der Waals surface area contributed by atoms with E-state index in [1.807, 2.05) is 0 Å². The summed E-state index contributed by atoms with van der Waals surface area (Å²) < 4.78 is 0. The Balaban J connectivity index is 2.93. The van der Waals surface area contributed by atoms with Crippen molar-refractivity contribution in [2.24, 2.45) is 5.92 Å². The van der Waals surface area contributed by atoms with E-state index >= 15 is 0 Å². The van der Waals surface area contributed by atoms with Crippen LogP contribution in [-0.2, 0) is 0 Å². The Labute approximate surface area is 119 Å². The molecular formula is C18H31N. The standard InChI is InChI=1S/C18H31N/c1-8-13(2)17(12-19-18(5,6)7)16-10-9-14(3)15(4)11-16/h9-11,13,17,19H,8,12H2,1-7H3. The van der Waals surface area contributed by atoms with Gasteiger partial charge in [0.15, 0.2) is 0 Å². The summed E-state index contributed by atoms with van der Waals surface area (Å²) in [5, 5.41) is 3.67. The molecule has 1 N–H and O–H groups in total. The minimum absolute atomic E-state index is 0.186. The highest BCUT2D eigenvalue weighted by Gasteiger charge is 2.20. The lowest BCUT2D eigenvalue weighted by Gasteiger charge is -2.29. The lowest BCUT2D eigenvalue weighted by atomic mass is 9.84. The molecule has 0 amide bonds. The average molecular weight is 261 g/mol. The Morgan fingerprint density at radius 1 is 1.11 bits per heavy atom. The number of benzene rings is 1. The summed E-state index contributed by atoms with van der Waals surface area (Å²) in [7, 11) is 0. The summed E-state index contributed by atoms with van der Waals surface area (Å²) in [6.45, 7) is 16.8. The van der Waals surface area contributed by atoms with Gasteiger partial charge in [-0.2, -0.15) is 0 Å². The van der Waals surface area contributed by atoms with Gasteiger partial charge in [0.1, 0.15) is 0 Å². The Kier molecular flexibility index (Phi) is 5.61. The largest absolute Gasteiger partial charge is 0.311 e. The lowest BCUT2D eigenvalue weighted by Crippen LogP contribution is -2.39. The molecule has 0 aliphatic heterocycles. The van der Waals surface area contributed by atoms with Crippen LogP contribution in [0.15, 0.2) is 18.2 Å². The molecule has 0 aliphatic carbocycles. The van der Waals surface area contributed by atoms with Crippen molar-refractivity contribution in [3.63, 3.8) is 0 Å². The summed E-state index contributed by atoms with van der Waals surface area (Å²) in [5.41, 5.74) is 4.46. The normalized spacial score (nSPS) is 15.3. The van der Waals surface area contributed by atoms with Gasteiger partial charge in [-0.1, -0.05) is 38.5 Å². The first-order valence-corrected chi connectivity index (χ1v) is 7.56. The molecule has 1 nitrogen and oxygen atoms in total. The molecule has 2 atom stereocenters. The van der Waals surface area contributed by atoms with Crippen molar-refractivity contribution in [2.45, 2.75) is 66.3 Å². The minimum atomic E-state index is 0.186. The van der Waals surface area contributed by atoms with Crippen molar-refractivity contribution in [3.05, 3.63) is 34.9 Å². The van der Waals surface area contributed by atoms with Gasteiger partial charge < -0.3 is 5.32 Å². The maximum atomic E-state index is 3.67. The lowest BCUT2D eigenvalue weighted by molar-refractivity contribution is 0.356. The Bertz CT molecular complexity index is 401. The summed E-state index contributed by atoms with van der Waals surface area (Å²) in [5.74, 6) is 1.31. The Morgan fingerprint density at radius 3 is 2.21 bits per heavy atom. The maximum absolute atomic E-state index is 3.67. The van der Waals surface area contributed by atoms with Crippen LogP contribution in [0.4, 0.5) is 0 Å². The van der Waals surface area contributed by atoms with Gasteiger partial charge in [0.2, 0.25) is 0 Å². The van der Waals surface area contributed by atoms with Gasteiger partial charge in [0, 0.05) is 12.1 Å². The number of aryl methyl sites for hydroxylation is 2. The van der Waals surface area contributed by atoms with Crippen molar-refractivity contribution in [2.75, 3.05) is 6.54 Å². The first kappa shape index (κ1) is 16.2. The van der Waals surface area contributed by atoms with Gasteiger partial charge in [-0.15, -0.1) is 0 Å². The van der Waals surface area contributed by atoms with Crippen molar-refractivity contribution >= 4 is 0 Å². The molecule has 2 unspecified atom stereocenters. The second-order valence-corrected chi connectivity index (χ2v) is 6.97. The van der Waals surface area contributed by atoms with Gasteiger partial charge in [0.05, 0.1) is 0 Å². The number of rotatable bonds is 5. The summed E-state index contributed by atoms with van der Waals surface area (Å²) in [6, 6.07) is 6.94. The molecule has 1 aromatic carbocycles. The van der Waals surface area contributed by atoms with E-state index in [9.17, 15) is 0 Å². The number of nitrogens with one attached hydrogen (secondary N) is 1. The molecule has 0 aliphatic rings. The van der Waals surface area contributed by atoms with E-state index in [0.29, 0.717) is 11.8 Å². The highest BCUT2D eigenvalue weighted by molar-refractivity contribution is 5.32. The van der Waals surface area contributed by atoms with Gasteiger partial charge in [0.25, 0.3) is 0 Å². The molecule has 0 saturated heterocycles. The smallest absolute Gasteiger partial charge is 0.00967 e. The van der Waals surface area contributed by atoms with E-state index in [1.165, 1.54) is 23.1 Å². The van der Waals surface area contributed by atoms with Crippen LogP contribution < -0.4 is 5.32 Å². The fourth-order valence-electron chi connectivity index (χ4n) is 2.34. The van der Waals surface area contributed by atoms with Crippen LogP contribution in [0.2, 0.25) is 0 Å². The van der Waals surface area contributed by atoms with Crippen molar-refractivity contribution in [1.29, 1.82) is 0 Å². The quantitative estimate of drug-likeness (QED) is 0.801. The molecule has 0 saturated carbocycles. The van der Waals surface area contributed by atoms with Gasteiger partial charge in [-0.3, -0.25) is 0 Å². The Morgan fingerprint density at radius 2 is 1.74 bits per heavy atom. The molecule has 108 valence electrons. The topological polar surface area (TPSA) is 12.0 Å². The second-order valence-electron chi connectivity index (χ2n) is 6.97. The van der Waals surface area contributed by atoms with Gasteiger partial charge in [-0.25, -0.2) is 0 Å². The predicted octanol–water partition coefficient (Wildman–Crippen LogP) is 4.82. The highest BCUT2D eigenvalue weighted by atomic mass is 14.9. The van der Waals surface area contributed by atoms with Crippen molar-refractivity contribution in [3.8, 4) is 0 Å². The fourth-order valence-corrected chi connectivity index (χ4v) is 2.34. The summed E-state index contributed by atoms with van der Waals surface area (Å²) in [6.07, 6.45) is 1.23. The number of hydrogen-bond acceptors (Lipinski definition) is 1. The molecule has 0 heterocycles. The second kappa shape index (κ2) is 6.56. The molecule has 0 fully saturated rings. The van der Waals surface area contributed by atoms with E-state index < -0.39 is 0 Å².